The van der Waals surface area contributed by atoms with Gasteiger partial charge in [-0.2, -0.15) is 0 Å². The molecule has 6 heteroatoms. The summed E-state index contributed by atoms with van der Waals surface area (Å²) in [6, 6.07) is 6.05. The molecule has 0 aromatic heterocycles. The maximum atomic E-state index is 10.7. The van der Waals surface area contributed by atoms with Crippen LogP contribution in [-0.2, 0) is 0 Å². The summed E-state index contributed by atoms with van der Waals surface area (Å²) in [6.07, 6.45) is 0. The third-order valence-electron chi connectivity index (χ3n) is 2.47. The van der Waals surface area contributed by atoms with Crippen LogP contribution < -0.4 is 0 Å². The fourth-order valence-electron chi connectivity index (χ4n) is 1.59. The molecule has 17 heavy (non-hydrogen) atoms. The van der Waals surface area contributed by atoms with Gasteiger partial charge in [0.25, 0.3) is 5.69 Å². The zero-order valence-corrected chi connectivity index (χ0v) is 9.83. The van der Waals surface area contributed by atoms with Gasteiger partial charge in [0.1, 0.15) is 0 Å². The van der Waals surface area contributed by atoms with Crippen molar-refractivity contribution in [3.8, 4) is 0 Å². The molecule has 0 amide bonds. The van der Waals surface area contributed by atoms with E-state index in [9.17, 15) is 10.1 Å². The number of nitro benzene ring substituents is 1. The maximum Gasteiger partial charge on any atom is 0.270 e. The zero-order chi connectivity index (χ0) is 12.8. The Morgan fingerprint density at radius 2 is 2.12 bits per heavy atom. The Kier molecular flexibility index (Phi) is 4.45. The lowest BCUT2D eigenvalue weighted by atomic mass is 10.1. The van der Waals surface area contributed by atoms with E-state index in [0.717, 1.165) is 0 Å². The second-order valence-corrected chi connectivity index (χ2v) is 3.40. The van der Waals surface area contributed by atoms with E-state index in [0.29, 0.717) is 24.5 Å². The number of rotatable bonds is 4. The van der Waals surface area contributed by atoms with Gasteiger partial charge in [-0.3, -0.25) is 10.1 Å². The van der Waals surface area contributed by atoms with Gasteiger partial charge in [-0.05, 0) is 13.8 Å². The molecule has 0 aliphatic carbocycles. The maximum absolute atomic E-state index is 10.7. The normalized spacial score (nSPS) is 11.3. The Morgan fingerprint density at radius 3 is 2.59 bits per heavy atom. The summed E-state index contributed by atoms with van der Waals surface area (Å²) in [5.41, 5.74) is 0.515. The average molecular weight is 237 g/mol. The molecule has 1 N–H and O–H groups in total. The molecule has 0 fully saturated rings. The molecular formula is C11H15N3O3. The molecule has 0 unspecified atom stereocenters. The molecule has 1 aromatic rings. The Bertz CT molecular complexity index is 428. The van der Waals surface area contributed by atoms with Gasteiger partial charge in [-0.1, -0.05) is 17.3 Å². The largest absolute Gasteiger partial charge is 0.409 e. The highest BCUT2D eigenvalue weighted by molar-refractivity contribution is 5.98. The quantitative estimate of drug-likeness (QED) is 0.286. The van der Waals surface area contributed by atoms with Gasteiger partial charge in [0.2, 0.25) is 0 Å². The first-order valence-corrected chi connectivity index (χ1v) is 5.35. The lowest BCUT2D eigenvalue weighted by Crippen LogP contribution is -2.31. The van der Waals surface area contributed by atoms with Crippen molar-refractivity contribution < 1.29 is 10.1 Å². The van der Waals surface area contributed by atoms with Crippen LogP contribution in [0.2, 0.25) is 0 Å². The topological polar surface area (TPSA) is 79.0 Å². The number of benzene rings is 1. The van der Waals surface area contributed by atoms with Crippen LogP contribution >= 0.6 is 0 Å². The first-order valence-electron chi connectivity index (χ1n) is 5.35. The SMILES string of the molecule is CCN(CC)/C(=N\O)c1cccc([N+](=O)[O-])c1. The molecule has 0 aliphatic rings. The van der Waals surface area contributed by atoms with Crippen LogP contribution in [0.5, 0.6) is 0 Å². The Hall–Kier alpha value is -2.11. The zero-order valence-electron chi connectivity index (χ0n) is 9.83. The second kappa shape index (κ2) is 5.83. The summed E-state index contributed by atoms with van der Waals surface area (Å²) in [6.45, 7) is 5.18. The molecule has 1 rings (SSSR count). The molecule has 0 spiro atoms. The van der Waals surface area contributed by atoms with Crippen LogP contribution in [0.1, 0.15) is 19.4 Å². The second-order valence-electron chi connectivity index (χ2n) is 3.40. The highest BCUT2D eigenvalue weighted by atomic mass is 16.6. The first kappa shape index (κ1) is 13.0. The third-order valence-corrected chi connectivity index (χ3v) is 2.47. The molecule has 0 radical (unpaired) electrons. The third kappa shape index (κ3) is 2.93. The smallest absolute Gasteiger partial charge is 0.270 e. The fraction of sp³-hybridized carbons (Fsp3) is 0.364. The summed E-state index contributed by atoms with van der Waals surface area (Å²) >= 11 is 0. The van der Waals surface area contributed by atoms with Gasteiger partial charge in [0.05, 0.1) is 4.92 Å². The van der Waals surface area contributed by atoms with Crippen molar-refractivity contribution in [3.05, 3.63) is 39.9 Å². The number of hydrogen-bond donors (Lipinski definition) is 1. The van der Waals surface area contributed by atoms with Gasteiger partial charge in [-0.15, -0.1) is 0 Å². The van der Waals surface area contributed by atoms with Crippen molar-refractivity contribution in [2.24, 2.45) is 5.16 Å². The van der Waals surface area contributed by atoms with Crippen molar-refractivity contribution in [1.82, 2.24) is 4.90 Å². The van der Waals surface area contributed by atoms with Gasteiger partial charge in [0.15, 0.2) is 5.84 Å². The van der Waals surface area contributed by atoms with Crippen LogP contribution in [0.25, 0.3) is 0 Å². The number of nitrogens with zero attached hydrogens (tertiary/aromatic N) is 3. The highest BCUT2D eigenvalue weighted by Gasteiger charge is 2.14. The summed E-state index contributed by atoms with van der Waals surface area (Å²) < 4.78 is 0. The van der Waals surface area contributed by atoms with Crippen molar-refractivity contribution in [2.75, 3.05) is 13.1 Å². The number of non-ortho nitro benzene ring substituents is 1. The minimum atomic E-state index is -0.472. The number of nitro groups is 1. The molecule has 0 saturated carbocycles. The fourth-order valence-corrected chi connectivity index (χ4v) is 1.59. The molecule has 0 aliphatic heterocycles. The van der Waals surface area contributed by atoms with Gasteiger partial charge in [-0.25, -0.2) is 0 Å². The molecule has 0 bridgehead atoms. The van der Waals surface area contributed by atoms with E-state index >= 15 is 0 Å². The van der Waals surface area contributed by atoms with Crippen LogP contribution in [0.4, 0.5) is 5.69 Å². The van der Waals surface area contributed by atoms with Crippen LogP contribution in [-0.4, -0.2) is 34.0 Å². The predicted molar refractivity (Wildman–Crippen MR) is 64.3 cm³/mol. The number of amidine groups is 1. The van der Waals surface area contributed by atoms with Gasteiger partial charge < -0.3 is 10.1 Å². The summed E-state index contributed by atoms with van der Waals surface area (Å²) in [7, 11) is 0. The van der Waals surface area contributed by atoms with E-state index in [4.69, 9.17) is 5.21 Å². The van der Waals surface area contributed by atoms with E-state index in [2.05, 4.69) is 5.16 Å². The monoisotopic (exact) mass is 237 g/mol. The van der Waals surface area contributed by atoms with Crippen LogP contribution in [0, 0.1) is 10.1 Å². The Labute approximate surface area is 99.3 Å². The average Bonchev–Trinajstić information content (AvgIpc) is 2.35. The van der Waals surface area contributed by atoms with Crippen molar-refractivity contribution in [3.63, 3.8) is 0 Å². The van der Waals surface area contributed by atoms with E-state index in [1.165, 1.54) is 12.1 Å². The lowest BCUT2D eigenvalue weighted by molar-refractivity contribution is -0.384. The number of hydrogen-bond acceptors (Lipinski definition) is 4. The van der Waals surface area contributed by atoms with Crippen molar-refractivity contribution >= 4 is 11.5 Å². The Morgan fingerprint density at radius 1 is 1.47 bits per heavy atom. The molecule has 6 nitrogen and oxygen atoms in total. The molecule has 0 heterocycles. The number of oxime groups is 1. The van der Waals surface area contributed by atoms with Crippen molar-refractivity contribution in [2.45, 2.75) is 13.8 Å². The molecule has 1 aromatic carbocycles. The van der Waals surface area contributed by atoms with E-state index < -0.39 is 4.92 Å². The molecular weight excluding hydrogens is 222 g/mol. The lowest BCUT2D eigenvalue weighted by Gasteiger charge is -2.21. The van der Waals surface area contributed by atoms with Gasteiger partial charge >= 0.3 is 0 Å². The summed E-state index contributed by atoms with van der Waals surface area (Å²) in [5, 5.41) is 22.9. The standard InChI is InChI=1S/C11H15N3O3/c1-3-13(4-2)11(12-15)9-6-5-7-10(8-9)14(16)17/h5-8,15H,3-4H2,1-2H3/b12-11-. The van der Waals surface area contributed by atoms with E-state index in [-0.39, 0.29) is 5.69 Å². The molecule has 92 valence electrons. The first-order chi connectivity index (χ1) is 8.13. The molecule has 0 saturated heterocycles. The van der Waals surface area contributed by atoms with Crippen LogP contribution in [0.15, 0.2) is 29.4 Å². The van der Waals surface area contributed by atoms with Gasteiger partial charge in [0, 0.05) is 30.8 Å². The molecule has 0 atom stereocenters. The Balaban J connectivity index is 3.13. The van der Waals surface area contributed by atoms with E-state index in [1.54, 1.807) is 12.1 Å². The van der Waals surface area contributed by atoms with E-state index in [1.807, 2.05) is 18.7 Å². The summed E-state index contributed by atoms with van der Waals surface area (Å²) in [5.74, 6) is 0.346. The minimum absolute atomic E-state index is 0.0178. The predicted octanol–water partition coefficient (Wildman–Crippen LogP) is 2.07. The highest BCUT2D eigenvalue weighted by Crippen LogP contribution is 2.15. The van der Waals surface area contributed by atoms with Crippen molar-refractivity contribution in [1.29, 1.82) is 0 Å². The minimum Gasteiger partial charge on any atom is -0.409 e. The summed E-state index contributed by atoms with van der Waals surface area (Å²) in [4.78, 5) is 12.0. The van der Waals surface area contributed by atoms with Crippen LogP contribution in [0.3, 0.4) is 0 Å².